The molecule has 0 heterocycles. The number of carbonyl (C=O) groups is 2. The lowest BCUT2D eigenvalue weighted by Gasteiger charge is -2.31. The van der Waals surface area contributed by atoms with E-state index in [1.165, 1.54) is 36.0 Å². The van der Waals surface area contributed by atoms with E-state index in [1.807, 2.05) is 0 Å². The molecule has 192 valence electrons. The maximum Gasteiger partial charge on any atom is 0.303 e. The number of carboxylic acids is 1. The number of hydrogen-bond donors (Lipinski definition) is 3. The number of halogens is 1. The summed E-state index contributed by atoms with van der Waals surface area (Å²) in [4.78, 5) is 23.1. The fraction of sp³-hybridized carbons (Fsp3) is 0.692. The van der Waals surface area contributed by atoms with Crippen molar-refractivity contribution in [1.29, 1.82) is 0 Å². The summed E-state index contributed by atoms with van der Waals surface area (Å²) in [6.45, 7) is 2.15. The number of carbonyl (C=O) groups excluding carboxylic acids is 1. The molecule has 1 aromatic rings. The zero-order chi connectivity index (χ0) is 25.0. The molecule has 2 unspecified atom stereocenters. The number of ketones is 1. The first-order chi connectivity index (χ1) is 16.2. The Labute approximate surface area is 206 Å². The van der Waals surface area contributed by atoms with Crippen LogP contribution < -0.4 is 4.74 Å². The smallest absolute Gasteiger partial charge is 0.303 e. The van der Waals surface area contributed by atoms with Crippen LogP contribution in [0, 0.1) is 11.7 Å². The summed E-state index contributed by atoms with van der Waals surface area (Å²) in [5, 5.41) is 30.3. The summed E-state index contributed by atoms with van der Waals surface area (Å²) in [5.74, 6) is -0.515. The Bertz CT molecular complexity index is 758. The van der Waals surface area contributed by atoms with Gasteiger partial charge >= 0.3 is 5.97 Å². The van der Waals surface area contributed by atoms with Gasteiger partial charge < -0.3 is 20.1 Å². The molecule has 34 heavy (non-hydrogen) atoms. The van der Waals surface area contributed by atoms with Crippen LogP contribution in [0.15, 0.2) is 24.3 Å². The van der Waals surface area contributed by atoms with Crippen molar-refractivity contribution >= 4 is 23.5 Å². The van der Waals surface area contributed by atoms with E-state index < -0.39 is 17.7 Å². The van der Waals surface area contributed by atoms with Gasteiger partial charge in [-0.25, -0.2) is 4.39 Å². The van der Waals surface area contributed by atoms with Gasteiger partial charge in [-0.3, -0.25) is 9.59 Å². The molecule has 3 N–H and O–H groups in total. The number of aliphatic hydroxyl groups is 2. The van der Waals surface area contributed by atoms with Crippen molar-refractivity contribution in [2.45, 2.75) is 94.5 Å². The molecule has 8 heteroatoms. The third-order valence-electron chi connectivity index (χ3n) is 6.37. The summed E-state index contributed by atoms with van der Waals surface area (Å²) in [6.07, 6.45) is 6.74. The van der Waals surface area contributed by atoms with Crippen LogP contribution in [0.4, 0.5) is 4.39 Å². The Morgan fingerprint density at radius 3 is 2.53 bits per heavy atom. The average molecular weight is 499 g/mol. The summed E-state index contributed by atoms with van der Waals surface area (Å²) >= 11 is 1.44. The van der Waals surface area contributed by atoms with Gasteiger partial charge in [0.2, 0.25) is 0 Å². The summed E-state index contributed by atoms with van der Waals surface area (Å²) in [6, 6.07) is 5.68. The number of carboxylic acid groups (broad SMARTS) is 1. The van der Waals surface area contributed by atoms with Gasteiger partial charge in [0, 0.05) is 29.8 Å². The molecular weight excluding hydrogens is 459 g/mol. The highest BCUT2D eigenvalue weighted by Gasteiger charge is 2.42. The fourth-order valence-corrected chi connectivity index (χ4v) is 5.93. The van der Waals surface area contributed by atoms with Gasteiger partial charge in [-0.1, -0.05) is 45.4 Å². The highest BCUT2D eigenvalue weighted by Crippen LogP contribution is 2.38. The van der Waals surface area contributed by atoms with E-state index in [4.69, 9.17) is 9.84 Å². The Kier molecular flexibility index (Phi) is 12.4. The van der Waals surface area contributed by atoms with E-state index >= 15 is 0 Å². The van der Waals surface area contributed by atoms with E-state index in [1.54, 1.807) is 0 Å². The molecule has 1 aliphatic rings. The lowest BCUT2D eigenvalue weighted by Crippen LogP contribution is -2.40. The Morgan fingerprint density at radius 1 is 1.15 bits per heavy atom. The number of aliphatic carboxylic acids is 1. The van der Waals surface area contributed by atoms with E-state index in [0.717, 1.165) is 38.5 Å². The van der Waals surface area contributed by atoms with Crippen molar-refractivity contribution < 1.29 is 34.0 Å². The second-order valence-corrected chi connectivity index (χ2v) is 10.6. The Morgan fingerprint density at radius 2 is 1.85 bits per heavy atom. The first-order valence-corrected chi connectivity index (χ1v) is 13.4. The monoisotopic (exact) mass is 498 g/mol. The van der Waals surface area contributed by atoms with Crippen LogP contribution in [0.3, 0.4) is 0 Å². The molecule has 2 rings (SSSR count). The Balaban J connectivity index is 1.91. The lowest BCUT2D eigenvalue weighted by molar-refractivity contribution is -0.137. The SMILES string of the molecule is CCCCCC(O)(COc1ccc(F)cc1)CS[C@H]1C(O)CC(=O)[C@@H]1CCCCCCC(=O)O. The van der Waals surface area contributed by atoms with E-state index in [-0.39, 0.29) is 42.2 Å². The molecule has 0 radical (unpaired) electrons. The number of rotatable bonds is 17. The molecule has 0 amide bonds. The predicted molar refractivity (Wildman–Crippen MR) is 132 cm³/mol. The predicted octanol–water partition coefficient (Wildman–Crippen LogP) is 4.99. The minimum atomic E-state index is -1.12. The molecule has 6 nitrogen and oxygen atoms in total. The van der Waals surface area contributed by atoms with Crippen LogP contribution in [-0.2, 0) is 9.59 Å². The minimum absolute atomic E-state index is 0.0559. The van der Waals surface area contributed by atoms with E-state index in [0.29, 0.717) is 30.8 Å². The van der Waals surface area contributed by atoms with Gasteiger partial charge in [-0.2, -0.15) is 11.8 Å². The van der Waals surface area contributed by atoms with Crippen LogP contribution in [-0.4, -0.2) is 56.4 Å². The zero-order valence-electron chi connectivity index (χ0n) is 20.1. The van der Waals surface area contributed by atoms with Crippen molar-refractivity contribution in [3.05, 3.63) is 30.1 Å². The summed E-state index contributed by atoms with van der Waals surface area (Å²) < 4.78 is 18.9. The minimum Gasteiger partial charge on any atom is -0.491 e. The van der Waals surface area contributed by atoms with Crippen molar-refractivity contribution in [2.24, 2.45) is 5.92 Å². The molecular formula is C26H39FO6S. The zero-order valence-corrected chi connectivity index (χ0v) is 20.9. The summed E-state index contributed by atoms with van der Waals surface area (Å²) in [7, 11) is 0. The maximum absolute atomic E-state index is 13.2. The topological polar surface area (TPSA) is 104 Å². The molecule has 0 saturated heterocycles. The Hall–Kier alpha value is -1.64. The third-order valence-corrected chi connectivity index (χ3v) is 8.10. The van der Waals surface area contributed by atoms with Crippen molar-refractivity contribution in [3.8, 4) is 5.75 Å². The number of aliphatic hydroxyl groups excluding tert-OH is 1. The van der Waals surface area contributed by atoms with Crippen LogP contribution in [0.5, 0.6) is 5.75 Å². The van der Waals surface area contributed by atoms with Crippen molar-refractivity contribution in [1.82, 2.24) is 0 Å². The second-order valence-electron chi connectivity index (χ2n) is 9.39. The highest BCUT2D eigenvalue weighted by molar-refractivity contribution is 8.00. The average Bonchev–Trinajstić information content (AvgIpc) is 3.06. The number of unbranched alkanes of at least 4 members (excludes halogenated alkanes) is 5. The molecule has 0 bridgehead atoms. The van der Waals surface area contributed by atoms with Crippen LogP contribution >= 0.6 is 11.8 Å². The lowest BCUT2D eigenvalue weighted by atomic mass is 9.97. The third kappa shape index (κ3) is 9.92. The molecule has 1 fully saturated rings. The normalized spacial score (nSPS) is 22.0. The van der Waals surface area contributed by atoms with Gasteiger partial charge in [0.05, 0.1) is 6.10 Å². The van der Waals surface area contributed by atoms with Crippen molar-refractivity contribution in [3.63, 3.8) is 0 Å². The standard InChI is InChI=1S/C26H39FO6S/c1-2-3-8-15-26(32,17-33-20-13-11-19(27)12-14-20)18-34-25-21(22(28)16-23(25)29)9-6-4-5-7-10-24(30)31/h11-14,21,23,25,29,32H,2-10,15-18H2,1H3,(H,30,31)/t21-,23?,25+,26?/m0/s1. The fourth-order valence-electron chi connectivity index (χ4n) is 4.36. The molecule has 0 aliphatic heterocycles. The van der Waals surface area contributed by atoms with Gasteiger partial charge in [0.25, 0.3) is 0 Å². The van der Waals surface area contributed by atoms with Gasteiger partial charge in [-0.05, 0) is 43.5 Å². The summed E-state index contributed by atoms with van der Waals surface area (Å²) in [5.41, 5.74) is -1.12. The first kappa shape index (κ1) is 28.6. The van der Waals surface area contributed by atoms with Crippen LogP contribution in [0.25, 0.3) is 0 Å². The number of hydrogen-bond acceptors (Lipinski definition) is 6. The van der Waals surface area contributed by atoms with Gasteiger partial charge in [0.15, 0.2) is 0 Å². The van der Waals surface area contributed by atoms with E-state index in [9.17, 15) is 24.2 Å². The van der Waals surface area contributed by atoms with Gasteiger partial charge in [-0.15, -0.1) is 0 Å². The van der Waals surface area contributed by atoms with Crippen molar-refractivity contribution in [2.75, 3.05) is 12.4 Å². The quantitative estimate of drug-likeness (QED) is 0.260. The molecule has 4 atom stereocenters. The molecule has 0 aromatic heterocycles. The number of thioether (sulfide) groups is 1. The number of Topliss-reactive ketones (excluding diaryl/α,β-unsaturated/α-hetero) is 1. The molecule has 0 spiro atoms. The molecule has 1 aliphatic carbocycles. The highest BCUT2D eigenvalue weighted by atomic mass is 32.2. The maximum atomic E-state index is 13.2. The number of ether oxygens (including phenoxy) is 1. The van der Waals surface area contributed by atoms with Gasteiger partial charge in [0.1, 0.15) is 29.6 Å². The molecule has 1 aromatic carbocycles. The first-order valence-electron chi connectivity index (χ1n) is 12.4. The largest absolute Gasteiger partial charge is 0.491 e. The second kappa shape index (κ2) is 14.7. The van der Waals surface area contributed by atoms with Crippen LogP contribution in [0.1, 0.15) is 77.6 Å². The molecule has 1 saturated carbocycles. The van der Waals surface area contributed by atoms with E-state index in [2.05, 4.69) is 6.92 Å². The van der Waals surface area contributed by atoms with Crippen LogP contribution in [0.2, 0.25) is 0 Å². The number of benzene rings is 1.